The van der Waals surface area contributed by atoms with E-state index >= 15 is 0 Å². The number of thioether (sulfide) groups is 1. The zero-order valence-electron chi connectivity index (χ0n) is 14.7. The van der Waals surface area contributed by atoms with Gasteiger partial charge in [0.25, 0.3) is 5.91 Å². The molecular weight excluding hydrogens is 338 g/mol. The lowest BCUT2D eigenvalue weighted by atomic mass is 10.2. The Labute approximate surface area is 151 Å². The summed E-state index contributed by atoms with van der Waals surface area (Å²) in [5, 5.41) is 7.51. The lowest BCUT2D eigenvalue weighted by molar-refractivity contribution is -0.127. The highest BCUT2D eigenvalue weighted by Crippen LogP contribution is 2.34. The van der Waals surface area contributed by atoms with Gasteiger partial charge in [-0.1, -0.05) is 12.1 Å². The van der Waals surface area contributed by atoms with Crippen molar-refractivity contribution in [3.8, 4) is 5.75 Å². The summed E-state index contributed by atoms with van der Waals surface area (Å²) in [6.45, 7) is 5.74. The molecule has 0 saturated carbocycles. The molecule has 2 heterocycles. The molecule has 1 aliphatic heterocycles. The van der Waals surface area contributed by atoms with Crippen LogP contribution in [0.15, 0.2) is 29.2 Å². The molecule has 25 heavy (non-hydrogen) atoms. The Hall–Kier alpha value is -1.99. The van der Waals surface area contributed by atoms with E-state index in [4.69, 9.17) is 9.47 Å². The van der Waals surface area contributed by atoms with Crippen molar-refractivity contribution in [2.45, 2.75) is 37.9 Å². The van der Waals surface area contributed by atoms with E-state index in [0.29, 0.717) is 25.4 Å². The van der Waals surface area contributed by atoms with E-state index in [1.165, 1.54) is 0 Å². The average Bonchev–Trinajstić information content (AvgIpc) is 2.90. The predicted molar refractivity (Wildman–Crippen MR) is 97.0 cm³/mol. The lowest BCUT2D eigenvalue weighted by Gasteiger charge is -2.24. The van der Waals surface area contributed by atoms with Crippen LogP contribution in [0.3, 0.4) is 0 Å². The van der Waals surface area contributed by atoms with E-state index in [9.17, 15) is 4.79 Å². The number of hydrogen-bond acceptors (Lipinski definition) is 5. The minimum absolute atomic E-state index is 0.0922. The second-order valence-electron chi connectivity index (χ2n) is 5.95. The van der Waals surface area contributed by atoms with Gasteiger partial charge in [-0.05, 0) is 26.0 Å². The maximum atomic E-state index is 12.5. The maximum Gasteiger partial charge on any atom is 0.262 e. The van der Waals surface area contributed by atoms with Gasteiger partial charge in [-0.2, -0.15) is 5.10 Å². The average molecular weight is 361 g/mol. The smallest absolute Gasteiger partial charge is 0.262 e. The summed E-state index contributed by atoms with van der Waals surface area (Å²) < 4.78 is 12.9. The fourth-order valence-electron chi connectivity index (χ4n) is 2.82. The van der Waals surface area contributed by atoms with E-state index in [-0.39, 0.29) is 5.91 Å². The summed E-state index contributed by atoms with van der Waals surface area (Å²) in [4.78, 5) is 13.6. The first-order chi connectivity index (χ1) is 12.1. The summed E-state index contributed by atoms with van der Waals surface area (Å²) in [6, 6.07) is 7.80. The van der Waals surface area contributed by atoms with Crippen LogP contribution in [0.5, 0.6) is 5.75 Å². The second kappa shape index (κ2) is 7.93. The second-order valence-corrected chi connectivity index (χ2v) is 7.01. The zero-order valence-corrected chi connectivity index (χ0v) is 15.6. The number of para-hydroxylation sites is 1. The molecule has 6 nitrogen and oxygen atoms in total. The van der Waals surface area contributed by atoms with Crippen molar-refractivity contribution in [1.29, 1.82) is 0 Å². The molecule has 1 aliphatic rings. The van der Waals surface area contributed by atoms with Crippen LogP contribution >= 0.6 is 11.8 Å². The van der Waals surface area contributed by atoms with Crippen molar-refractivity contribution in [3.63, 3.8) is 0 Å². The van der Waals surface area contributed by atoms with Crippen LogP contribution in [-0.2, 0) is 22.6 Å². The normalized spacial score (nSPS) is 16.2. The molecule has 0 unspecified atom stereocenters. The van der Waals surface area contributed by atoms with Crippen LogP contribution in [0, 0.1) is 13.8 Å². The highest BCUT2D eigenvalue weighted by atomic mass is 32.2. The molecule has 0 spiro atoms. The van der Waals surface area contributed by atoms with Crippen LogP contribution in [0.2, 0.25) is 0 Å². The van der Waals surface area contributed by atoms with Crippen LogP contribution in [0.25, 0.3) is 0 Å². The van der Waals surface area contributed by atoms with Gasteiger partial charge in [-0.15, -0.1) is 11.8 Å². The molecule has 0 aliphatic carbocycles. The third-order valence-corrected chi connectivity index (χ3v) is 5.40. The number of amides is 1. The first kappa shape index (κ1) is 17.8. The van der Waals surface area contributed by atoms with Gasteiger partial charge in [0, 0.05) is 35.6 Å². The summed E-state index contributed by atoms with van der Waals surface area (Å²) in [6.07, 6.45) is -0.468. The molecule has 1 N–H and O–H groups in total. The molecule has 1 atom stereocenters. The van der Waals surface area contributed by atoms with Gasteiger partial charge in [0.05, 0.1) is 18.8 Å². The van der Waals surface area contributed by atoms with Crippen molar-refractivity contribution in [2.75, 3.05) is 19.5 Å². The minimum atomic E-state index is -0.468. The maximum absolute atomic E-state index is 12.5. The number of fused-ring (bicyclic) bond motifs is 1. The monoisotopic (exact) mass is 361 g/mol. The number of carbonyl (C=O) groups excluding carboxylic acids is 1. The molecule has 0 fully saturated rings. The first-order valence-electron chi connectivity index (χ1n) is 8.28. The predicted octanol–water partition coefficient (Wildman–Crippen LogP) is 2.32. The number of ether oxygens (including phenoxy) is 2. The van der Waals surface area contributed by atoms with Crippen LogP contribution in [0.1, 0.15) is 17.0 Å². The van der Waals surface area contributed by atoms with Crippen molar-refractivity contribution < 1.29 is 14.3 Å². The molecular formula is C18H23N3O3S. The highest BCUT2D eigenvalue weighted by molar-refractivity contribution is 7.99. The van der Waals surface area contributed by atoms with Crippen molar-refractivity contribution in [3.05, 3.63) is 41.2 Å². The van der Waals surface area contributed by atoms with E-state index < -0.39 is 6.10 Å². The number of nitrogens with one attached hydrogen (secondary N) is 1. The Bertz CT molecular complexity index is 760. The molecule has 1 amide bonds. The molecule has 0 saturated heterocycles. The Morgan fingerprint density at radius 2 is 2.24 bits per heavy atom. The Morgan fingerprint density at radius 1 is 1.44 bits per heavy atom. The summed E-state index contributed by atoms with van der Waals surface area (Å²) in [5.41, 5.74) is 3.03. The van der Waals surface area contributed by atoms with E-state index in [2.05, 4.69) is 10.4 Å². The SMILES string of the molecule is COCCn1nc(C)c(CNC(=O)[C@H]2CSc3ccccc3O2)c1C. The molecule has 1 aromatic carbocycles. The van der Waals surface area contributed by atoms with Gasteiger partial charge in [-0.25, -0.2) is 0 Å². The standard InChI is InChI=1S/C18H23N3O3S/c1-12-14(13(2)21(20-12)8-9-23-3)10-19-18(22)16-11-25-17-7-5-4-6-15(17)24-16/h4-7,16H,8-11H2,1-3H3,(H,19,22)/t16-/m1/s1. The van der Waals surface area contributed by atoms with Crippen LogP contribution < -0.4 is 10.1 Å². The molecule has 0 bridgehead atoms. The van der Waals surface area contributed by atoms with Gasteiger partial charge in [-0.3, -0.25) is 9.48 Å². The number of benzene rings is 1. The molecule has 0 radical (unpaired) electrons. The van der Waals surface area contributed by atoms with Gasteiger partial charge in [0.1, 0.15) is 5.75 Å². The molecule has 7 heteroatoms. The first-order valence-corrected chi connectivity index (χ1v) is 9.26. The zero-order chi connectivity index (χ0) is 17.8. The molecule has 3 rings (SSSR count). The van der Waals surface area contributed by atoms with E-state index in [1.807, 2.05) is 42.8 Å². The highest BCUT2D eigenvalue weighted by Gasteiger charge is 2.26. The third-order valence-electron chi connectivity index (χ3n) is 4.28. The quantitative estimate of drug-likeness (QED) is 0.855. The fraction of sp³-hybridized carbons (Fsp3) is 0.444. The summed E-state index contributed by atoms with van der Waals surface area (Å²) >= 11 is 1.65. The number of nitrogens with zero attached hydrogens (tertiary/aromatic N) is 2. The largest absolute Gasteiger partial charge is 0.479 e. The summed E-state index contributed by atoms with van der Waals surface area (Å²) in [7, 11) is 1.67. The van der Waals surface area contributed by atoms with Crippen LogP contribution in [0.4, 0.5) is 0 Å². The Balaban J connectivity index is 1.61. The third kappa shape index (κ3) is 3.99. The van der Waals surface area contributed by atoms with Crippen molar-refractivity contribution in [1.82, 2.24) is 15.1 Å². The number of methoxy groups -OCH3 is 1. The topological polar surface area (TPSA) is 65.4 Å². The van der Waals surface area contributed by atoms with Gasteiger partial charge < -0.3 is 14.8 Å². The number of hydrogen-bond donors (Lipinski definition) is 1. The van der Waals surface area contributed by atoms with Crippen LogP contribution in [-0.4, -0.2) is 41.3 Å². The molecule has 1 aromatic heterocycles. The Morgan fingerprint density at radius 3 is 3.04 bits per heavy atom. The van der Waals surface area contributed by atoms with Gasteiger partial charge >= 0.3 is 0 Å². The van der Waals surface area contributed by atoms with Crippen molar-refractivity contribution in [2.24, 2.45) is 0 Å². The number of rotatable bonds is 6. The fourth-order valence-corrected chi connectivity index (χ4v) is 3.81. The summed E-state index contributed by atoms with van der Waals surface area (Å²) in [5.74, 6) is 1.30. The molecule has 2 aromatic rings. The van der Waals surface area contributed by atoms with E-state index in [1.54, 1.807) is 18.9 Å². The Kier molecular flexibility index (Phi) is 5.65. The minimum Gasteiger partial charge on any atom is -0.479 e. The number of aromatic nitrogens is 2. The van der Waals surface area contributed by atoms with Crippen molar-refractivity contribution >= 4 is 17.7 Å². The molecule has 134 valence electrons. The van der Waals surface area contributed by atoms with E-state index in [0.717, 1.165) is 27.6 Å². The number of aryl methyl sites for hydroxylation is 1. The van der Waals surface area contributed by atoms with Gasteiger partial charge in [0.15, 0.2) is 6.10 Å². The lowest BCUT2D eigenvalue weighted by Crippen LogP contribution is -2.41. The van der Waals surface area contributed by atoms with Gasteiger partial charge in [0.2, 0.25) is 0 Å². The number of carbonyl (C=O) groups is 1.